The van der Waals surface area contributed by atoms with Crippen LogP contribution in [0.4, 0.5) is 8.78 Å². The average molecular weight is 376 g/mol. The molecule has 0 radical (unpaired) electrons. The molecule has 2 aromatic rings. The van der Waals surface area contributed by atoms with Crippen molar-refractivity contribution < 1.29 is 18.3 Å². The van der Waals surface area contributed by atoms with E-state index in [0.717, 1.165) is 26.3 Å². The minimum atomic E-state index is -2.95. The third-order valence-corrected chi connectivity index (χ3v) is 4.17. The van der Waals surface area contributed by atoms with Crippen molar-refractivity contribution in [1.29, 1.82) is 0 Å². The monoisotopic (exact) mass is 375 g/mol. The molecular formula is C14H12BrF2NO2S. The van der Waals surface area contributed by atoms with Gasteiger partial charge in [-0.25, -0.2) is 0 Å². The van der Waals surface area contributed by atoms with Crippen LogP contribution in [0.3, 0.4) is 0 Å². The number of carbonyl (C=O) groups excluding carboxylic acids is 1. The summed E-state index contributed by atoms with van der Waals surface area (Å²) < 4.78 is 29.9. The molecule has 0 aliphatic rings. The molecule has 0 saturated carbocycles. The fraction of sp³-hybridized carbons (Fsp3) is 0.214. The van der Waals surface area contributed by atoms with Gasteiger partial charge in [-0.05, 0) is 30.7 Å². The van der Waals surface area contributed by atoms with E-state index in [9.17, 15) is 13.6 Å². The Morgan fingerprint density at radius 2 is 2.05 bits per heavy atom. The number of halogens is 3. The summed E-state index contributed by atoms with van der Waals surface area (Å²) >= 11 is 4.45. The largest absolute Gasteiger partial charge is 0.433 e. The molecule has 1 aromatic heterocycles. The molecule has 0 unspecified atom stereocenters. The number of benzene rings is 1. The van der Waals surface area contributed by atoms with E-state index in [2.05, 4.69) is 26.0 Å². The molecule has 0 spiro atoms. The molecule has 2 rings (SSSR count). The van der Waals surface area contributed by atoms with Crippen molar-refractivity contribution in [3.8, 4) is 5.75 Å². The van der Waals surface area contributed by atoms with Crippen molar-refractivity contribution >= 4 is 33.2 Å². The SMILES string of the molecule is Cc1cc(OC(F)F)c(C(=O)NCc2ccc(Br)cc2)s1. The van der Waals surface area contributed by atoms with E-state index in [-0.39, 0.29) is 10.6 Å². The maximum absolute atomic E-state index is 12.3. The lowest BCUT2D eigenvalue weighted by atomic mass is 10.2. The zero-order valence-electron chi connectivity index (χ0n) is 11.0. The number of aryl methyl sites for hydroxylation is 1. The molecular weight excluding hydrogens is 364 g/mol. The highest BCUT2D eigenvalue weighted by atomic mass is 79.9. The van der Waals surface area contributed by atoms with Gasteiger partial charge in [0.2, 0.25) is 0 Å². The maximum Gasteiger partial charge on any atom is 0.387 e. The average Bonchev–Trinajstić information content (AvgIpc) is 2.78. The lowest BCUT2D eigenvalue weighted by Gasteiger charge is -2.07. The first-order valence-electron chi connectivity index (χ1n) is 6.03. The first kappa shape index (κ1) is 15.9. The Kier molecular flexibility index (Phi) is 5.30. The van der Waals surface area contributed by atoms with Crippen LogP contribution in [0.2, 0.25) is 0 Å². The second kappa shape index (κ2) is 7.00. The summed E-state index contributed by atoms with van der Waals surface area (Å²) in [5.41, 5.74) is 0.913. The summed E-state index contributed by atoms with van der Waals surface area (Å²) in [6, 6.07) is 8.89. The lowest BCUT2D eigenvalue weighted by Crippen LogP contribution is -2.22. The zero-order valence-corrected chi connectivity index (χ0v) is 13.4. The normalized spacial score (nSPS) is 10.7. The van der Waals surface area contributed by atoms with Gasteiger partial charge in [0.15, 0.2) is 0 Å². The molecule has 112 valence electrons. The number of hydrogen-bond acceptors (Lipinski definition) is 3. The van der Waals surface area contributed by atoms with Crippen molar-refractivity contribution in [1.82, 2.24) is 5.32 Å². The molecule has 0 saturated heterocycles. The highest BCUT2D eigenvalue weighted by molar-refractivity contribution is 9.10. The molecule has 0 atom stereocenters. The molecule has 21 heavy (non-hydrogen) atoms. The van der Waals surface area contributed by atoms with Crippen LogP contribution < -0.4 is 10.1 Å². The number of hydrogen-bond donors (Lipinski definition) is 1. The van der Waals surface area contributed by atoms with Crippen LogP contribution in [0, 0.1) is 6.92 Å². The van der Waals surface area contributed by atoms with Gasteiger partial charge in [0, 0.05) is 15.9 Å². The minimum Gasteiger partial charge on any atom is -0.433 e. The van der Waals surface area contributed by atoms with Crippen LogP contribution >= 0.6 is 27.3 Å². The second-order valence-corrected chi connectivity index (χ2v) is 6.41. The summed E-state index contributed by atoms with van der Waals surface area (Å²) in [6.07, 6.45) is 0. The van der Waals surface area contributed by atoms with Crippen molar-refractivity contribution in [2.75, 3.05) is 0 Å². The quantitative estimate of drug-likeness (QED) is 0.843. The zero-order chi connectivity index (χ0) is 15.4. The summed E-state index contributed by atoms with van der Waals surface area (Å²) in [5, 5.41) is 2.69. The Labute approximate surface area is 133 Å². The molecule has 0 bridgehead atoms. The first-order valence-corrected chi connectivity index (χ1v) is 7.64. The van der Waals surface area contributed by atoms with Crippen LogP contribution in [0.5, 0.6) is 5.75 Å². The Morgan fingerprint density at radius 1 is 1.38 bits per heavy atom. The van der Waals surface area contributed by atoms with Crippen LogP contribution in [-0.2, 0) is 6.54 Å². The number of carbonyl (C=O) groups is 1. The number of rotatable bonds is 5. The summed E-state index contributed by atoms with van der Waals surface area (Å²) in [5.74, 6) is -0.507. The number of thiophene rings is 1. The Balaban J connectivity index is 2.04. The third-order valence-electron chi connectivity index (χ3n) is 2.61. The third kappa shape index (κ3) is 4.50. The first-order chi connectivity index (χ1) is 9.95. The van der Waals surface area contributed by atoms with Crippen LogP contribution in [-0.4, -0.2) is 12.5 Å². The Hall–Kier alpha value is -1.47. The second-order valence-electron chi connectivity index (χ2n) is 4.24. The smallest absolute Gasteiger partial charge is 0.387 e. The number of alkyl halides is 2. The van der Waals surface area contributed by atoms with Gasteiger partial charge in [-0.1, -0.05) is 28.1 Å². The van der Waals surface area contributed by atoms with Crippen LogP contribution in [0.1, 0.15) is 20.1 Å². The van der Waals surface area contributed by atoms with E-state index in [1.54, 1.807) is 6.92 Å². The summed E-state index contributed by atoms with van der Waals surface area (Å²) in [7, 11) is 0. The molecule has 0 fully saturated rings. The van der Waals surface area contributed by atoms with E-state index in [1.807, 2.05) is 24.3 Å². The predicted octanol–water partition coefficient (Wildman–Crippen LogP) is 4.35. The summed E-state index contributed by atoms with van der Waals surface area (Å²) in [6.45, 7) is -0.900. The minimum absolute atomic E-state index is 0.0826. The molecule has 0 aliphatic heterocycles. The van der Waals surface area contributed by atoms with Gasteiger partial charge in [0.05, 0.1) is 0 Å². The molecule has 1 amide bonds. The van der Waals surface area contributed by atoms with Crippen molar-refractivity contribution in [2.45, 2.75) is 20.1 Å². The topological polar surface area (TPSA) is 38.3 Å². The van der Waals surface area contributed by atoms with Crippen LogP contribution in [0.25, 0.3) is 0 Å². The van der Waals surface area contributed by atoms with Crippen molar-refractivity contribution in [2.24, 2.45) is 0 Å². The van der Waals surface area contributed by atoms with E-state index >= 15 is 0 Å². The molecule has 1 N–H and O–H groups in total. The highest BCUT2D eigenvalue weighted by Gasteiger charge is 2.19. The molecule has 0 aliphatic carbocycles. The fourth-order valence-electron chi connectivity index (χ4n) is 1.70. The number of ether oxygens (including phenoxy) is 1. The van der Waals surface area contributed by atoms with E-state index in [4.69, 9.17) is 0 Å². The van der Waals surface area contributed by atoms with Crippen molar-refractivity contribution in [3.05, 3.63) is 50.1 Å². The molecule has 3 nitrogen and oxygen atoms in total. The van der Waals surface area contributed by atoms with Crippen LogP contribution in [0.15, 0.2) is 34.8 Å². The van der Waals surface area contributed by atoms with Gasteiger partial charge in [0.25, 0.3) is 5.91 Å². The van der Waals surface area contributed by atoms with E-state index in [1.165, 1.54) is 6.07 Å². The predicted molar refractivity (Wildman–Crippen MR) is 81.0 cm³/mol. The van der Waals surface area contributed by atoms with Gasteiger partial charge in [-0.2, -0.15) is 8.78 Å². The van der Waals surface area contributed by atoms with Crippen molar-refractivity contribution in [3.63, 3.8) is 0 Å². The lowest BCUT2D eigenvalue weighted by molar-refractivity contribution is -0.0498. The van der Waals surface area contributed by atoms with E-state index in [0.29, 0.717) is 6.54 Å². The number of nitrogens with one attached hydrogen (secondary N) is 1. The molecule has 7 heteroatoms. The molecule has 1 aromatic carbocycles. The van der Waals surface area contributed by atoms with Gasteiger partial charge >= 0.3 is 6.61 Å². The van der Waals surface area contributed by atoms with Gasteiger partial charge in [-0.15, -0.1) is 11.3 Å². The number of amides is 1. The standard InChI is InChI=1S/C14H12BrF2NO2S/c1-8-6-11(20-14(16)17)12(21-8)13(19)18-7-9-2-4-10(15)5-3-9/h2-6,14H,7H2,1H3,(H,18,19). The van der Waals surface area contributed by atoms with E-state index < -0.39 is 12.5 Å². The highest BCUT2D eigenvalue weighted by Crippen LogP contribution is 2.30. The summed E-state index contributed by atoms with van der Waals surface area (Å²) in [4.78, 5) is 13.0. The van der Waals surface area contributed by atoms with Gasteiger partial charge in [-0.3, -0.25) is 4.79 Å². The molecule has 1 heterocycles. The Morgan fingerprint density at radius 3 is 2.67 bits per heavy atom. The van der Waals surface area contributed by atoms with Gasteiger partial charge in [0.1, 0.15) is 10.6 Å². The maximum atomic E-state index is 12.3. The fourth-order valence-corrected chi connectivity index (χ4v) is 2.82. The van der Waals surface area contributed by atoms with Gasteiger partial charge < -0.3 is 10.1 Å². The Bertz CT molecular complexity index is 628.